The van der Waals surface area contributed by atoms with Gasteiger partial charge in [0.15, 0.2) is 5.78 Å². The fourth-order valence-corrected chi connectivity index (χ4v) is 2.12. The summed E-state index contributed by atoms with van der Waals surface area (Å²) in [6, 6.07) is 6.63. The molecule has 1 aromatic carbocycles. The van der Waals surface area contributed by atoms with E-state index in [1.54, 1.807) is 45.1 Å². The minimum Gasteiger partial charge on any atom is -0.444 e. The first-order chi connectivity index (χ1) is 10.2. The van der Waals surface area contributed by atoms with Crippen LogP contribution in [0.4, 0.5) is 4.79 Å². The van der Waals surface area contributed by atoms with Crippen molar-refractivity contribution in [2.75, 3.05) is 0 Å². The van der Waals surface area contributed by atoms with Crippen LogP contribution in [0.3, 0.4) is 0 Å². The Morgan fingerprint density at radius 1 is 1.27 bits per heavy atom. The maximum absolute atomic E-state index is 11.9. The van der Waals surface area contributed by atoms with E-state index in [0.29, 0.717) is 10.6 Å². The first-order valence-corrected chi connectivity index (χ1v) is 7.31. The van der Waals surface area contributed by atoms with E-state index in [1.165, 1.54) is 6.08 Å². The lowest BCUT2D eigenvalue weighted by atomic mass is 10.1. The Labute approximate surface area is 134 Å². The number of hydrogen-bond acceptors (Lipinski definition) is 3. The smallest absolute Gasteiger partial charge is 0.408 e. The zero-order chi connectivity index (χ0) is 16.3. The summed E-state index contributed by atoms with van der Waals surface area (Å²) >= 11 is 5.84. The molecule has 22 heavy (non-hydrogen) atoms. The van der Waals surface area contributed by atoms with Gasteiger partial charge in [-0.15, -0.1) is 0 Å². The third-order valence-corrected chi connectivity index (χ3v) is 3.18. The normalized spacial score (nSPS) is 19.5. The Hall–Kier alpha value is -2.07. The maximum atomic E-state index is 11.9. The van der Waals surface area contributed by atoms with Crippen molar-refractivity contribution in [1.82, 2.24) is 5.32 Å². The molecule has 1 aromatic rings. The zero-order valence-corrected chi connectivity index (χ0v) is 13.5. The predicted molar refractivity (Wildman–Crippen MR) is 86.7 cm³/mol. The number of alkyl carbamates (subject to hydrolysis) is 1. The molecule has 0 spiro atoms. The second kappa shape index (κ2) is 6.36. The Morgan fingerprint density at radius 2 is 1.91 bits per heavy atom. The van der Waals surface area contributed by atoms with E-state index in [9.17, 15) is 9.59 Å². The number of hydrogen-bond donors (Lipinski definition) is 1. The van der Waals surface area contributed by atoms with E-state index in [0.717, 1.165) is 5.56 Å². The summed E-state index contributed by atoms with van der Waals surface area (Å²) in [6.45, 7) is 5.35. The molecule has 0 aromatic heterocycles. The quantitative estimate of drug-likeness (QED) is 0.844. The Morgan fingerprint density at radius 3 is 2.50 bits per heavy atom. The number of benzene rings is 1. The number of ketones is 1. The minimum atomic E-state index is -0.587. The molecule has 116 valence electrons. The van der Waals surface area contributed by atoms with Gasteiger partial charge in [0.2, 0.25) is 0 Å². The van der Waals surface area contributed by atoms with Crippen molar-refractivity contribution in [2.45, 2.75) is 32.4 Å². The molecular formula is C17H18ClNO3. The van der Waals surface area contributed by atoms with Gasteiger partial charge in [0.25, 0.3) is 0 Å². The van der Waals surface area contributed by atoms with Gasteiger partial charge in [-0.2, -0.15) is 0 Å². The van der Waals surface area contributed by atoms with Crippen LogP contribution in [0.15, 0.2) is 42.0 Å². The van der Waals surface area contributed by atoms with Gasteiger partial charge in [0, 0.05) is 10.6 Å². The Bertz CT molecular complexity index is 639. The summed E-state index contributed by atoms with van der Waals surface area (Å²) in [7, 11) is 0. The largest absolute Gasteiger partial charge is 0.444 e. The van der Waals surface area contributed by atoms with Gasteiger partial charge in [-0.1, -0.05) is 29.8 Å². The molecule has 1 amide bonds. The monoisotopic (exact) mass is 319 g/mol. The molecule has 0 saturated carbocycles. The van der Waals surface area contributed by atoms with Crippen LogP contribution in [0.2, 0.25) is 5.02 Å². The number of carbonyl (C=O) groups is 2. The minimum absolute atomic E-state index is 0.129. The van der Waals surface area contributed by atoms with Gasteiger partial charge in [-0.3, -0.25) is 4.79 Å². The molecule has 0 fully saturated rings. The van der Waals surface area contributed by atoms with Crippen LogP contribution in [0.5, 0.6) is 0 Å². The van der Waals surface area contributed by atoms with Crippen molar-refractivity contribution in [2.24, 2.45) is 0 Å². The lowest BCUT2D eigenvalue weighted by Gasteiger charge is -2.21. The Kier molecular flexibility index (Phi) is 4.71. The van der Waals surface area contributed by atoms with E-state index in [4.69, 9.17) is 16.3 Å². The fraction of sp³-hybridized carbons (Fsp3) is 0.294. The molecule has 0 aliphatic heterocycles. The summed E-state index contributed by atoms with van der Waals surface area (Å²) in [6.07, 6.45) is 4.28. The highest BCUT2D eigenvalue weighted by molar-refractivity contribution is 6.30. The van der Waals surface area contributed by atoms with Crippen LogP contribution in [0.1, 0.15) is 26.3 Å². The highest BCUT2D eigenvalue weighted by Crippen LogP contribution is 2.20. The van der Waals surface area contributed by atoms with Gasteiger partial charge in [-0.05, 0) is 50.6 Å². The molecule has 1 atom stereocenters. The molecule has 1 aliphatic carbocycles. The average molecular weight is 320 g/mol. The van der Waals surface area contributed by atoms with Crippen LogP contribution in [0, 0.1) is 0 Å². The molecule has 1 unspecified atom stereocenters. The van der Waals surface area contributed by atoms with E-state index in [-0.39, 0.29) is 5.78 Å². The van der Waals surface area contributed by atoms with Crippen molar-refractivity contribution >= 4 is 29.6 Å². The van der Waals surface area contributed by atoms with Crippen molar-refractivity contribution in [1.29, 1.82) is 0 Å². The third-order valence-electron chi connectivity index (χ3n) is 2.92. The van der Waals surface area contributed by atoms with Crippen LogP contribution >= 0.6 is 11.6 Å². The van der Waals surface area contributed by atoms with Gasteiger partial charge in [0.05, 0.1) is 6.04 Å². The van der Waals surface area contributed by atoms with Gasteiger partial charge in [-0.25, -0.2) is 4.79 Å². The molecule has 4 nitrogen and oxygen atoms in total. The summed E-state index contributed by atoms with van der Waals surface area (Å²) in [5, 5.41) is 3.31. The maximum Gasteiger partial charge on any atom is 0.408 e. The SMILES string of the molecule is CC(C)(C)OC(=O)NC1C=CC(=O)C1=Cc1ccc(Cl)cc1. The van der Waals surface area contributed by atoms with Crippen LogP contribution in [0.25, 0.3) is 6.08 Å². The molecule has 0 heterocycles. The summed E-state index contributed by atoms with van der Waals surface area (Å²) in [5.41, 5.74) is 0.747. The summed E-state index contributed by atoms with van der Waals surface area (Å²) in [4.78, 5) is 23.8. The van der Waals surface area contributed by atoms with Crippen molar-refractivity contribution in [3.8, 4) is 0 Å². The second-order valence-electron chi connectivity index (χ2n) is 6.00. The molecule has 1 N–H and O–H groups in total. The lowest BCUT2D eigenvalue weighted by molar-refractivity contribution is -0.111. The average Bonchev–Trinajstić information content (AvgIpc) is 2.72. The zero-order valence-electron chi connectivity index (χ0n) is 12.7. The number of carbonyl (C=O) groups excluding carboxylic acids is 2. The number of halogens is 1. The number of rotatable bonds is 2. The first-order valence-electron chi connectivity index (χ1n) is 6.94. The highest BCUT2D eigenvalue weighted by atomic mass is 35.5. The second-order valence-corrected chi connectivity index (χ2v) is 6.43. The molecule has 0 radical (unpaired) electrons. The standard InChI is InChI=1S/C17H18ClNO3/c1-17(2,3)22-16(21)19-14-8-9-15(20)13(14)10-11-4-6-12(18)7-5-11/h4-10,14H,1-3H3,(H,19,21). The van der Waals surface area contributed by atoms with Crippen molar-refractivity contribution < 1.29 is 14.3 Å². The molecule has 0 saturated heterocycles. The van der Waals surface area contributed by atoms with Gasteiger partial charge < -0.3 is 10.1 Å². The number of ether oxygens (including phenoxy) is 1. The van der Waals surface area contributed by atoms with E-state index < -0.39 is 17.7 Å². The van der Waals surface area contributed by atoms with Crippen LogP contribution in [-0.2, 0) is 9.53 Å². The van der Waals surface area contributed by atoms with Gasteiger partial charge in [0.1, 0.15) is 5.60 Å². The van der Waals surface area contributed by atoms with E-state index in [1.807, 2.05) is 12.1 Å². The number of allylic oxidation sites excluding steroid dienone is 1. The lowest BCUT2D eigenvalue weighted by Crippen LogP contribution is -2.38. The summed E-state index contributed by atoms with van der Waals surface area (Å²) < 4.78 is 5.21. The third kappa shape index (κ3) is 4.46. The molecule has 2 rings (SSSR count). The Balaban J connectivity index is 2.14. The fourth-order valence-electron chi connectivity index (χ4n) is 2.00. The highest BCUT2D eigenvalue weighted by Gasteiger charge is 2.26. The van der Waals surface area contributed by atoms with Crippen LogP contribution < -0.4 is 5.32 Å². The predicted octanol–water partition coefficient (Wildman–Crippen LogP) is 3.76. The van der Waals surface area contributed by atoms with Crippen molar-refractivity contribution in [3.05, 3.63) is 52.6 Å². The molecule has 5 heteroatoms. The summed E-state index contributed by atoms with van der Waals surface area (Å²) in [5.74, 6) is -0.129. The van der Waals surface area contributed by atoms with Crippen molar-refractivity contribution in [3.63, 3.8) is 0 Å². The molecule has 0 bridgehead atoms. The van der Waals surface area contributed by atoms with E-state index in [2.05, 4.69) is 5.32 Å². The number of nitrogens with one attached hydrogen (secondary N) is 1. The topological polar surface area (TPSA) is 55.4 Å². The van der Waals surface area contributed by atoms with E-state index >= 15 is 0 Å². The number of amides is 1. The molecule has 1 aliphatic rings. The first kappa shape index (κ1) is 16.3. The van der Waals surface area contributed by atoms with Crippen LogP contribution in [-0.4, -0.2) is 23.5 Å². The van der Waals surface area contributed by atoms with Gasteiger partial charge >= 0.3 is 6.09 Å². The molecular weight excluding hydrogens is 302 g/mol.